The molecule has 6 heteroatoms. The second kappa shape index (κ2) is 10.9. The number of guanidine groups is 1. The van der Waals surface area contributed by atoms with E-state index in [0.717, 1.165) is 63.3 Å². The maximum absolute atomic E-state index is 5.94. The Kier molecular flexibility index (Phi) is 7.94. The van der Waals surface area contributed by atoms with Gasteiger partial charge >= 0.3 is 0 Å². The lowest BCUT2D eigenvalue weighted by atomic mass is 10.1. The number of aryl methyl sites for hydroxylation is 1. The minimum atomic E-state index is 0.127. The lowest BCUT2D eigenvalue weighted by Crippen LogP contribution is -2.42. The van der Waals surface area contributed by atoms with Crippen molar-refractivity contribution in [2.45, 2.75) is 26.3 Å². The van der Waals surface area contributed by atoms with Crippen molar-refractivity contribution in [1.82, 2.24) is 15.5 Å². The van der Waals surface area contributed by atoms with E-state index in [-0.39, 0.29) is 6.04 Å². The van der Waals surface area contributed by atoms with E-state index in [1.165, 1.54) is 5.56 Å². The highest BCUT2D eigenvalue weighted by molar-refractivity contribution is 5.79. The van der Waals surface area contributed by atoms with Gasteiger partial charge in [-0.3, -0.25) is 9.89 Å². The summed E-state index contributed by atoms with van der Waals surface area (Å²) in [7, 11) is 0. The first kappa shape index (κ1) is 20.4. The molecule has 0 amide bonds. The predicted octanol–water partition coefficient (Wildman–Crippen LogP) is 2.76. The molecule has 1 fully saturated rings. The molecule has 2 heterocycles. The van der Waals surface area contributed by atoms with Crippen molar-refractivity contribution in [1.29, 1.82) is 0 Å². The quantitative estimate of drug-likeness (QED) is 0.541. The van der Waals surface area contributed by atoms with Gasteiger partial charge in [0.15, 0.2) is 5.96 Å². The van der Waals surface area contributed by atoms with Gasteiger partial charge in [-0.25, -0.2) is 0 Å². The summed E-state index contributed by atoms with van der Waals surface area (Å²) in [5, 5.41) is 6.80. The van der Waals surface area contributed by atoms with Gasteiger partial charge in [0.25, 0.3) is 0 Å². The van der Waals surface area contributed by atoms with Crippen molar-refractivity contribution < 1.29 is 9.15 Å². The van der Waals surface area contributed by atoms with E-state index < -0.39 is 0 Å². The highest BCUT2D eigenvalue weighted by Crippen LogP contribution is 2.24. The molecule has 0 bridgehead atoms. The molecular formula is C22H32N4O2. The summed E-state index contributed by atoms with van der Waals surface area (Å²) in [5.74, 6) is 2.76. The van der Waals surface area contributed by atoms with Gasteiger partial charge in [0.2, 0.25) is 0 Å². The molecule has 1 aromatic heterocycles. The van der Waals surface area contributed by atoms with Gasteiger partial charge in [-0.2, -0.15) is 0 Å². The van der Waals surface area contributed by atoms with Crippen molar-refractivity contribution in [2.24, 2.45) is 4.99 Å². The highest BCUT2D eigenvalue weighted by Gasteiger charge is 2.25. The summed E-state index contributed by atoms with van der Waals surface area (Å²) >= 11 is 0. The van der Waals surface area contributed by atoms with Crippen molar-refractivity contribution in [2.75, 3.05) is 45.9 Å². The third-order valence-electron chi connectivity index (χ3n) is 4.89. The van der Waals surface area contributed by atoms with Crippen molar-refractivity contribution in [3.05, 3.63) is 59.5 Å². The molecule has 6 nitrogen and oxygen atoms in total. The van der Waals surface area contributed by atoms with Crippen LogP contribution in [0, 0.1) is 6.92 Å². The van der Waals surface area contributed by atoms with Crippen LogP contribution in [0.5, 0.6) is 0 Å². The second-order valence-corrected chi connectivity index (χ2v) is 6.99. The van der Waals surface area contributed by atoms with Gasteiger partial charge < -0.3 is 19.8 Å². The highest BCUT2D eigenvalue weighted by atomic mass is 16.5. The lowest BCUT2D eigenvalue weighted by Gasteiger charge is -2.32. The maximum atomic E-state index is 5.94. The number of rotatable bonds is 8. The van der Waals surface area contributed by atoms with E-state index in [2.05, 4.69) is 52.8 Å². The molecule has 1 saturated heterocycles. The zero-order valence-corrected chi connectivity index (χ0v) is 17.0. The fourth-order valence-electron chi connectivity index (χ4n) is 3.40. The van der Waals surface area contributed by atoms with Crippen molar-refractivity contribution in [3.8, 4) is 0 Å². The molecule has 0 aliphatic carbocycles. The largest absolute Gasteiger partial charge is 0.465 e. The normalized spacial score (nSPS) is 16.7. The SMILES string of the molecule is CCNC(=NCC(c1ccc(C)o1)N1CCOCC1)NCCc1ccccc1. The Balaban J connectivity index is 1.63. The van der Waals surface area contributed by atoms with Crippen LogP contribution in [0.1, 0.15) is 30.0 Å². The van der Waals surface area contributed by atoms with Crippen LogP contribution in [0.2, 0.25) is 0 Å². The van der Waals surface area contributed by atoms with E-state index in [9.17, 15) is 0 Å². The summed E-state index contributed by atoms with van der Waals surface area (Å²) in [6, 6.07) is 14.7. The monoisotopic (exact) mass is 384 g/mol. The topological polar surface area (TPSA) is 62.0 Å². The molecule has 0 radical (unpaired) electrons. The number of nitrogens with zero attached hydrogens (tertiary/aromatic N) is 2. The van der Waals surface area contributed by atoms with Crippen molar-refractivity contribution in [3.63, 3.8) is 0 Å². The fourth-order valence-corrected chi connectivity index (χ4v) is 3.40. The zero-order valence-electron chi connectivity index (χ0n) is 17.0. The summed E-state index contributed by atoms with van der Waals surface area (Å²) < 4.78 is 11.5. The molecule has 28 heavy (non-hydrogen) atoms. The number of ether oxygens (including phenoxy) is 1. The third kappa shape index (κ3) is 6.11. The molecule has 3 rings (SSSR count). The molecule has 1 aliphatic heterocycles. The minimum absolute atomic E-state index is 0.127. The summed E-state index contributed by atoms with van der Waals surface area (Å²) in [4.78, 5) is 7.26. The van der Waals surface area contributed by atoms with Crippen LogP contribution in [-0.2, 0) is 11.2 Å². The number of benzene rings is 1. The number of furan rings is 1. The first-order valence-corrected chi connectivity index (χ1v) is 10.2. The van der Waals surface area contributed by atoms with Gasteiger partial charge in [0.05, 0.1) is 25.8 Å². The fraction of sp³-hybridized carbons (Fsp3) is 0.500. The first-order valence-electron chi connectivity index (χ1n) is 10.2. The Labute approximate surface area is 168 Å². The van der Waals surface area contributed by atoms with Gasteiger partial charge in [0.1, 0.15) is 11.5 Å². The summed E-state index contributed by atoms with van der Waals surface area (Å²) in [6.07, 6.45) is 0.968. The molecule has 1 unspecified atom stereocenters. The minimum Gasteiger partial charge on any atom is -0.465 e. The molecule has 0 saturated carbocycles. The Morgan fingerprint density at radius 2 is 1.89 bits per heavy atom. The van der Waals surface area contributed by atoms with Crippen molar-refractivity contribution >= 4 is 5.96 Å². The Hall–Kier alpha value is -2.31. The van der Waals surface area contributed by atoms with Crippen LogP contribution in [-0.4, -0.2) is 56.8 Å². The predicted molar refractivity (Wildman–Crippen MR) is 113 cm³/mol. The first-order chi connectivity index (χ1) is 13.8. The standard InChI is InChI=1S/C22H32N4O2/c1-3-23-22(24-12-11-19-7-5-4-6-8-19)25-17-20(21-10-9-18(2)28-21)26-13-15-27-16-14-26/h4-10,20H,3,11-17H2,1-2H3,(H2,23,24,25). The molecular weight excluding hydrogens is 352 g/mol. The number of hydrogen-bond donors (Lipinski definition) is 2. The smallest absolute Gasteiger partial charge is 0.191 e. The molecule has 1 aromatic carbocycles. The maximum Gasteiger partial charge on any atom is 0.191 e. The van der Waals surface area contributed by atoms with E-state index >= 15 is 0 Å². The molecule has 1 atom stereocenters. The van der Waals surface area contributed by atoms with Gasteiger partial charge in [-0.1, -0.05) is 30.3 Å². The Morgan fingerprint density at radius 1 is 1.11 bits per heavy atom. The van der Waals surface area contributed by atoms with E-state index in [1.54, 1.807) is 0 Å². The molecule has 2 aromatic rings. The van der Waals surface area contributed by atoms with E-state index in [1.807, 2.05) is 19.1 Å². The summed E-state index contributed by atoms with van der Waals surface area (Å²) in [5.41, 5.74) is 1.32. The molecule has 0 spiro atoms. The summed E-state index contributed by atoms with van der Waals surface area (Å²) in [6.45, 7) is 9.72. The number of nitrogens with one attached hydrogen (secondary N) is 2. The van der Waals surface area contributed by atoms with Crippen LogP contribution in [0.3, 0.4) is 0 Å². The second-order valence-electron chi connectivity index (χ2n) is 6.99. The van der Waals surface area contributed by atoms with Gasteiger partial charge in [-0.15, -0.1) is 0 Å². The third-order valence-corrected chi connectivity index (χ3v) is 4.89. The molecule has 152 valence electrons. The number of morpholine rings is 1. The molecule has 1 aliphatic rings. The average molecular weight is 385 g/mol. The Morgan fingerprint density at radius 3 is 2.57 bits per heavy atom. The van der Waals surface area contributed by atoms with Crippen LogP contribution in [0.15, 0.2) is 51.9 Å². The van der Waals surface area contributed by atoms with Gasteiger partial charge in [0, 0.05) is 26.2 Å². The van der Waals surface area contributed by atoms with Gasteiger partial charge in [-0.05, 0) is 38.0 Å². The van der Waals surface area contributed by atoms with E-state index in [4.69, 9.17) is 14.1 Å². The Bertz CT molecular complexity index is 723. The lowest BCUT2D eigenvalue weighted by molar-refractivity contribution is 0.0135. The average Bonchev–Trinajstić information content (AvgIpc) is 3.16. The number of hydrogen-bond acceptors (Lipinski definition) is 4. The molecule has 2 N–H and O–H groups in total. The zero-order chi connectivity index (χ0) is 19.6. The van der Waals surface area contributed by atoms with Crippen LogP contribution in [0.4, 0.5) is 0 Å². The number of aliphatic imine (C=N–C) groups is 1. The van der Waals surface area contributed by atoms with E-state index in [0.29, 0.717) is 6.54 Å². The van der Waals surface area contributed by atoms with Crippen LogP contribution >= 0.6 is 0 Å². The van der Waals surface area contributed by atoms with Crippen LogP contribution in [0.25, 0.3) is 0 Å². The van der Waals surface area contributed by atoms with Crippen LogP contribution < -0.4 is 10.6 Å².